The maximum absolute atomic E-state index is 13.5. The fourth-order valence-corrected chi connectivity index (χ4v) is 5.27. The summed E-state index contributed by atoms with van der Waals surface area (Å²) in [6.45, 7) is 4.56. The molecule has 4 rings (SSSR count). The number of aliphatic hydroxyl groups is 1. The van der Waals surface area contributed by atoms with E-state index < -0.39 is 24.7 Å². The fraction of sp³-hybridized carbons (Fsp3) is 0.462. The lowest BCUT2D eigenvalue weighted by atomic mass is 9.53. The molecule has 2 aliphatic heterocycles. The Kier molecular flexibility index (Phi) is 7.87. The second-order valence-electron chi connectivity index (χ2n) is 10.1. The number of pyridine rings is 1. The molecule has 1 amide bonds. The molecule has 1 aromatic carbocycles. The van der Waals surface area contributed by atoms with Gasteiger partial charge in [-0.2, -0.15) is 0 Å². The number of nitrogens with one attached hydrogen (secondary N) is 1. The van der Waals surface area contributed by atoms with E-state index in [1.54, 1.807) is 18.2 Å². The Bertz CT molecular complexity index is 1110. The number of carbonyl (C=O) groups is 3. The average Bonchev–Trinajstić information content (AvgIpc) is 3.39. The minimum absolute atomic E-state index is 0.00467. The minimum atomic E-state index is -2.10. The maximum Gasteiger partial charge on any atom is 0.378 e. The lowest BCUT2D eigenvalue weighted by Crippen LogP contribution is -2.54. The van der Waals surface area contributed by atoms with Crippen molar-refractivity contribution in [3.05, 3.63) is 54.2 Å². The Labute approximate surface area is 211 Å². The van der Waals surface area contributed by atoms with E-state index in [-0.39, 0.29) is 42.1 Å². The zero-order valence-electron chi connectivity index (χ0n) is 20.9. The highest BCUT2D eigenvalue weighted by Crippen LogP contribution is 2.42. The molecule has 1 aromatic heterocycles. The molecule has 1 unspecified atom stereocenters. The zero-order chi connectivity index (χ0) is 25.9. The predicted octanol–water partition coefficient (Wildman–Crippen LogP) is 2.43. The molecule has 4 atom stereocenters. The number of hydrogen-bond acceptors (Lipinski definition) is 8. The summed E-state index contributed by atoms with van der Waals surface area (Å²) in [4.78, 5) is 44.9. The number of carbonyl (C=O) groups excluding carboxylic acids is 3. The van der Waals surface area contributed by atoms with E-state index in [4.69, 9.17) is 9.31 Å². The number of benzene rings is 1. The molecule has 0 aliphatic carbocycles. The minimum Gasteiger partial charge on any atom is -0.652 e. The molecule has 36 heavy (non-hydrogen) atoms. The van der Waals surface area contributed by atoms with Gasteiger partial charge in [0.15, 0.2) is 5.78 Å². The van der Waals surface area contributed by atoms with E-state index in [2.05, 4.69) is 10.3 Å². The van der Waals surface area contributed by atoms with Crippen LogP contribution in [0, 0.1) is 5.92 Å². The second kappa shape index (κ2) is 10.9. The van der Waals surface area contributed by atoms with E-state index in [0.29, 0.717) is 25.3 Å². The van der Waals surface area contributed by atoms with Crippen molar-refractivity contribution in [3.8, 4) is 11.3 Å². The molecule has 192 valence electrons. The van der Waals surface area contributed by atoms with Gasteiger partial charge >= 0.3 is 6.69 Å². The molecular weight excluding hydrogens is 461 g/mol. The lowest BCUT2D eigenvalue weighted by molar-refractivity contribution is -0.133. The first kappa shape index (κ1) is 26.0. The molecule has 0 spiro atoms. The highest BCUT2D eigenvalue weighted by Gasteiger charge is 2.53. The van der Waals surface area contributed by atoms with Crippen molar-refractivity contribution >= 4 is 24.3 Å². The summed E-state index contributed by atoms with van der Waals surface area (Å²) in [5.74, 6) is -1.43. The largest absolute Gasteiger partial charge is 0.652 e. The third-order valence-corrected chi connectivity index (χ3v) is 6.88. The van der Waals surface area contributed by atoms with Gasteiger partial charge in [-0.05, 0) is 37.9 Å². The Morgan fingerprint density at radius 3 is 2.58 bits per heavy atom. The lowest BCUT2D eigenvalue weighted by Gasteiger charge is -2.43. The molecule has 2 N–H and O–H groups in total. The van der Waals surface area contributed by atoms with Gasteiger partial charge in [-0.1, -0.05) is 62.5 Å². The summed E-state index contributed by atoms with van der Waals surface area (Å²) in [5.41, 5.74) is 1.63. The highest BCUT2D eigenvalue weighted by molar-refractivity contribution is 6.70. The van der Waals surface area contributed by atoms with E-state index in [1.807, 2.05) is 49.0 Å². The molecule has 0 saturated carbocycles. The molecule has 2 aliphatic rings. The zero-order valence-corrected chi connectivity index (χ0v) is 20.9. The van der Waals surface area contributed by atoms with E-state index >= 15 is 0 Å². The number of rotatable bonds is 10. The molecule has 9 nitrogen and oxygen atoms in total. The fourth-order valence-electron chi connectivity index (χ4n) is 5.27. The Morgan fingerprint density at radius 1 is 1.14 bits per heavy atom. The van der Waals surface area contributed by atoms with Crippen LogP contribution in [-0.4, -0.2) is 71.1 Å². The van der Waals surface area contributed by atoms with Gasteiger partial charge in [0, 0.05) is 12.2 Å². The van der Waals surface area contributed by atoms with Crippen molar-refractivity contribution in [1.82, 2.24) is 15.1 Å². The number of nitrogens with zero attached hydrogens (tertiary/aromatic N) is 2. The van der Waals surface area contributed by atoms with E-state index in [9.17, 15) is 19.5 Å². The summed E-state index contributed by atoms with van der Waals surface area (Å²) >= 11 is 0. The van der Waals surface area contributed by atoms with E-state index in [1.165, 1.54) is 6.92 Å². The number of aliphatic hydroxyl groups excluding tert-OH is 1. The Hall–Kier alpha value is -3.08. The summed E-state index contributed by atoms with van der Waals surface area (Å²) in [6, 6.07) is 13.4. The first-order valence-corrected chi connectivity index (χ1v) is 12.5. The summed E-state index contributed by atoms with van der Waals surface area (Å²) in [5, 5.41) is 13.1. The van der Waals surface area contributed by atoms with Crippen LogP contribution in [0.4, 0.5) is 0 Å². The van der Waals surface area contributed by atoms with Gasteiger partial charge in [0.05, 0.1) is 18.3 Å². The normalized spacial score (nSPS) is 22.1. The standard InChI is InChI=1S/C26H33BN3O6/c1-17(2)14-20(27-30(12-13-35-27)16-24(33)36-27)15-23(32)25(18(3)31)29-26(34)22-11-7-10-21(28-22)19-8-5-4-6-9-19/h4-11,17-18,20,25,31H,12-16H2,1-3H3,(H,29,34)/q-1/t18-,20-,25+,27?/m1/s1. The maximum atomic E-state index is 13.5. The van der Waals surface area contributed by atoms with Crippen LogP contribution in [-0.2, 0) is 18.9 Å². The van der Waals surface area contributed by atoms with Crippen molar-refractivity contribution in [2.24, 2.45) is 5.92 Å². The van der Waals surface area contributed by atoms with Crippen LogP contribution in [0.1, 0.15) is 44.1 Å². The van der Waals surface area contributed by atoms with Crippen LogP contribution in [0.15, 0.2) is 48.5 Å². The van der Waals surface area contributed by atoms with Crippen molar-refractivity contribution < 1.29 is 28.8 Å². The number of ketones is 1. The van der Waals surface area contributed by atoms with Crippen LogP contribution in [0.25, 0.3) is 11.3 Å². The van der Waals surface area contributed by atoms with Gasteiger partial charge in [0.2, 0.25) is 0 Å². The molecule has 0 bridgehead atoms. The van der Waals surface area contributed by atoms with Crippen molar-refractivity contribution in [3.63, 3.8) is 0 Å². The first-order valence-electron chi connectivity index (χ1n) is 12.5. The highest BCUT2D eigenvalue weighted by atomic mass is 16.7. The number of aromatic nitrogens is 1. The number of hydrogen-bond donors (Lipinski definition) is 2. The van der Waals surface area contributed by atoms with Crippen LogP contribution in [0.2, 0.25) is 5.82 Å². The van der Waals surface area contributed by atoms with E-state index in [0.717, 1.165) is 5.56 Å². The van der Waals surface area contributed by atoms with Crippen LogP contribution < -0.4 is 5.32 Å². The molecule has 2 saturated heterocycles. The third-order valence-electron chi connectivity index (χ3n) is 6.88. The Morgan fingerprint density at radius 2 is 1.89 bits per heavy atom. The van der Waals surface area contributed by atoms with Gasteiger partial charge in [0.25, 0.3) is 11.9 Å². The summed E-state index contributed by atoms with van der Waals surface area (Å²) in [7, 11) is 0. The molecule has 2 aromatic rings. The van der Waals surface area contributed by atoms with Crippen molar-refractivity contribution in [2.45, 2.75) is 51.6 Å². The van der Waals surface area contributed by atoms with Gasteiger partial charge in [-0.3, -0.25) is 14.4 Å². The van der Waals surface area contributed by atoms with Crippen molar-refractivity contribution in [2.75, 3.05) is 19.7 Å². The van der Waals surface area contributed by atoms with Gasteiger partial charge < -0.3 is 24.5 Å². The Balaban J connectivity index is 1.51. The quantitative estimate of drug-likeness (QED) is 0.484. The molecular formula is C26H33BN3O6-. The van der Waals surface area contributed by atoms with Gasteiger partial charge in [-0.25, -0.2) is 4.98 Å². The second-order valence-corrected chi connectivity index (χ2v) is 10.1. The first-order chi connectivity index (χ1) is 17.2. The van der Waals surface area contributed by atoms with Gasteiger partial charge in [-0.15, -0.1) is 0 Å². The van der Waals surface area contributed by atoms with Crippen molar-refractivity contribution in [1.29, 1.82) is 0 Å². The topological polar surface area (TPSA) is 118 Å². The summed E-state index contributed by atoms with van der Waals surface area (Å²) in [6.07, 6.45) is -0.540. The van der Waals surface area contributed by atoms with Crippen LogP contribution in [0.3, 0.4) is 0 Å². The SMILES string of the molecule is CC(C)C[C@H](CC(=O)[C@@H](NC(=O)c1cccc(-c2ccccc2)n1)[C@@H](C)O)[B-]12OCCN1CC(=O)O2. The van der Waals surface area contributed by atoms with Crippen LogP contribution >= 0.6 is 0 Å². The monoisotopic (exact) mass is 494 g/mol. The molecule has 2 fully saturated rings. The molecule has 0 radical (unpaired) electrons. The summed E-state index contributed by atoms with van der Waals surface area (Å²) < 4.78 is 11.7. The molecule has 10 heteroatoms. The van der Waals surface area contributed by atoms with Crippen LogP contribution in [0.5, 0.6) is 0 Å². The molecule has 3 heterocycles. The van der Waals surface area contributed by atoms with Gasteiger partial charge in [0.1, 0.15) is 11.7 Å². The number of Topliss-reactive ketones (excluding diaryl/α,β-unsaturated/α-hetero) is 1. The number of amides is 1. The average molecular weight is 494 g/mol. The number of fused-ring (bicyclic) bond motifs is 1. The smallest absolute Gasteiger partial charge is 0.378 e. The third kappa shape index (κ3) is 5.51. The predicted molar refractivity (Wildman–Crippen MR) is 135 cm³/mol.